The van der Waals surface area contributed by atoms with Crippen LogP contribution < -0.4 is 9.75 Å². The summed E-state index contributed by atoms with van der Waals surface area (Å²) < 4.78 is 18.3. The number of ether oxygens (including phenoxy) is 1. The van der Waals surface area contributed by atoms with Crippen LogP contribution in [-0.4, -0.2) is 17.6 Å². The number of halogens is 1. The van der Waals surface area contributed by atoms with Gasteiger partial charge in [-0.3, -0.25) is 4.79 Å². The van der Waals surface area contributed by atoms with E-state index in [-0.39, 0.29) is 11.5 Å². The fourth-order valence-corrected chi connectivity index (χ4v) is 2.98. The Balaban J connectivity index is 1.48. The molecule has 0 unspecified atom stereocenters. The molecular weight excluding hydrogens is 383 g/mol. The topological polar surface area (TPSA) is 59.0 Å². The first kappa shape index (κ1) is 19.3. The lowest BCUT2D eigenvalue weighted by molar-refractivity contribution is -0.114. The summed E-state index contributed by atoms with van der Waals surface area (Å²) in [6.45, 7) is 1.78. The minimum absolute atomic E-state index is 0.203. The van der Waals surface area contributed by atoms with E-state index < -0.39 is 11.8 Å². The van der Waals surface area contributed by atoms with Gasteiger partial charge in [0, 0.05) is 0 Å². The number of amides is 1. The van der Waals surface area contributed by atoms with Gasteiger partial charge in [-0.25, -0.2) is 9.18 Å². The van der Waals surface area contributed by atoms with Crippen LogP contribution in [0.25, 0.3) is 6.08 Å². The van der Waals surface area contributed by atoms with Gasteiger partial charge in [0.05, 0.1) is 22.5 Å². The molecule has 0 atom stereocenters. The van der Waals surface area contributed by atoms with Crippen molar-refractivity contribution in [1.82, 2.24) is 0 Å². The molecule has 148 valence electrons. The van der Waals surface area contributed by atoms with Crippen LogP contribution in [0, 0.1) is 5.82 Å². The Bertz CT molecular complexity index is 1150. The maximum atomic E-state index is 13.0. The van der Waals surface area contributed by atoms with Gasteiger partial charge in [0.2, 0.25) is 0 Å². The summed E-state index contributed by atoms with van der Waals surface area (Å²) in [5, 5.41) is 5.73. The molecule has 30 heavy (non-hydrogen) atoms. The van der Waals surface area contributed by atoms with Gasteiger partial charge in [0.15, 0.2) is 0 Å². The predicted molar refractivity (Wildman–Crippen MR) is 113 cm³/mol. The second-order valence-electron chi connectivity index (χ2n) is 6.66. The Morgan fingerprint density at radius 2 is 1.63 bits per heavy atom. The van der Waals surface area contributed by atoms with E-state index in [0.717, 1.165) is 5.56 Å². The van der Waals surface area contributed by atoms with Crippen LogP contribution in [0.4, 0.5) is 10.1 Å². The molecule has 0 aliphatic carbocycles. The number of hydrogen-bond acceptors (Lipinski definition) is 4. The summed E-state index contributed by atoms with van der Waals surface area (Å²) in [6.07, 6.45) is 1.75. The van der Waals surface area contributed by atoms with Crippen LogP contribution in [0.15, 0.2) is 89.5 Å². The third kappa shape index (κ3) is 4.03. The van der Waals surface area contributed by atoms with Crippen LogP contribution >= 0.6 is 0 Å². The molecule has 0 saturated carbocycles. The number of esters is 1. The highest BCUT2D eigenvalue weighted by molar-refractivity contribution is 6.32. The number of hydrogen-bond donors (Lipinski definition) is 0. The second kappa shape index (κ2) is 8.13. The number of carbonyl (C=O) groups is 2. The zero-order valence-corrected chi connectivity index (χ0v) is 16.1. The van der Waals surface area contributed by atoms with E-state index >= 15 is 0 Å². The van der Waals surface area contributed by atoms with Gasteiger partial charge < -0.3 is 4.74 Å². The average Bonchev–Trinajstić information content (AvgIpc) is 3.04. The third-order valence-electron chi connectivity index (χ3n) is 4.54. The van der Waals surface area contributed by atoms with Gasteiger partial charge in [0.25, 0.3) is 5.91 Å². The fraction of sp³-hybridized carbons (Fsp3) is 0.0417. The lowest BCUT2D eigenvalue weighted by atomic mass is 10.1. The molecule has 3 aromatic rings. The van der Waals surface area contributed by atoms with Gasteiger partial charge in [-0.1, -0.05) is 30.3 Å². The van der Waals surface area contributed by atoms with E-state index in [1.165, 1.54) is 29.3 Å². The monoisotopic (exact) mass is 400 g/mol. The van der Waals surface area contributed by atoms with Gasteiger partial charge in [-0.05, 0) is 67.1 Å². The Labute approximate surface area is 172 Å². The van der Waals surface area contributed by atoms with Crippen molar-refractivity contribution < 1.29 is 18.7 Å². The highest BCUT2D eigenvalue weighted by atomic mass is 19.1. The minimum Gasteiger partial charge on any atom is -0.423 e. The molecule has 1 aliphatic heterocycles. The van der Waals surface area contributed by atoms with Crippen LogP contribution in [0.3, 0.4) is 0 Å². The SMILES string of the molecule is CC1=NN(c2ccccc2)C(=O)/C1=C/c1ccc(OC(=O)c2ccc(F)cc2)cc1. The number of para-hydroxylation sites is 1. The van der Waals surface area contributed by atoms with Gasteiger partial charge >= 0.3 is 5.97 Å². The summed E-state index contributed by atoms with van der Waals surface area (Å²) in [6, 6.07) is 21.1. The lowest BCUT2D eigenvalue weighted by Gasteiger charge is -2.11. The van der Waals surface area contributed by atoms with Crippen molar-refractivity contribution in [2.75, 3.05) is 5.01 Å². The van der Waals surface area contributed by atoms with Gasteiger partial charge in [0.1, 0.15) is 11.6 Å². The van der Waals surface area contributed by atoms with Crippen LogP contribution in [-0.2, 0) is 4.79 Å². The Kier molecular flexibility index (Phi) is 5.22. The highest BCUT2D eigenvalue weighted by Gasteiger charge is 2.28. The van der Waals surface area contributed by atoms with E-state index in [2.05, 4.69) is 5.10 Å². The third-order valence-corrected chi connectivity index (χ3v) is 4.54. The molecule has 0 N–H and O–H groups in total. The van der Waals surface area contributed by atoms with Crippen molar-refractivity contribution in [3.63, 3.8) is 0 Å². The maximum Gasteiger partial charge on any atom is 0.343 e. The smallest absolute Gasteiger partial charge is 0.343 e. The van der Waals surface area contributed by atoms with Crippen molar-refractivity contribution in [3.05, 3.63) is 101 Å². The normalized spacial score (nSPS) is 14.7. The zero-order valence-electron chi connectivity index (χ0n) is 16.1. The molecule has 0 spiro atoms. The van der Waals surface area contributed by atoms with Crippen molar-refractivity contribution in [2.24, 2.45) is 5.10 Å². The summed E-state index contributed by atoms with van der Waals surface area (Å²) in [5.41, 5.74) is 2.84. The van der Waals surface area contributed by atoms with Crippen molar-refractivity contribution >= 4 is 29.4 Å². The van der Waals surface area contributed by atoms with Gasteiger partial charge in [-0.2, -0.15) is 10.1 Å². The minimum atomic E-state index is -0.575. The zero-order chi connectivity index (χ0) is 21.1. The molecule has 4 rings (SSSR count). The molecule has 1 amide bonds. The lowest BCUT2D eigenvalue weighted by Crippen LogP contribution is -2.21. The molecule has 6 heteroatoms. The van der Waals surface area contributed by atoms with Crippen molar-refractivity contribution in [2.45, 2.75) is 6.92 Å². The quantitative estimate of drug-likeness (QED) is 0.357. The van der Waals surface area contributed by atoms with Crippen molar-refractivity contribution in [3.8, 4) is 5.75 Å². The number of carbonyl (C=O) groups excluding carboxylic acids is 2. The first-order chi connectivity index (χ1) is 14.5. The van der Waals surface area contributed by atoms with Crippen molar-refractivity contribution in [1.29, 1.82) is 0 Å². The summed E-state index contributed by atoms with van der Waals surface area (Å²) in [7, 11) is 0. The molecule has 0 saturated heterocycles. The van der Waals surface area contributed by atoms with E-state index in [4.69, 9.17) is 4.74 Å². The first-order valence-electron chi connectivity index (χ1n) is 9.26. The second-order valence-corrected chi connectivity index (χ2v) is 6.66. The Morgan fingerprint density at radius 3 is 2.30 bits per heavy atom. The first-order valence-corrected chi connectivity index (χ1v) is 9.26. The van der Waals surface area contributed by atoms with Crippen LogP contribution in [0.5, 0.6) is 5.75 Å². The largest absolute Gasteiger partial charge is 0.423 e. The predicted octanol–water partition coefficient (Wildman–Crippen LogP) is 4.85. The van der Waals surface area contributed by atoms with Crippen LogP contribution in [0.1, 0.15) is 22.8 Å². The number of hydrazone groups is 1. The van der Waals surface area contributed by atoms with Gasteiger partial charge in [-0.15, -0.1) is 0 Å². The van der Waals surface area contributed by atoms with E-state index in [9.17, 15) is 14.0 Å². The molecule has 5 nitrogen and oxygen atoms in total. The molecule has 3 aromatic carbocycles. The molecule has 0 aromatic heterocycles. The number of nitrogens with zero attached hydrogens (tertiary/aromatic N) is 2. The summed E-state index contributed by atoms with van der Waals surface area (Å²) >= 11 is 0. The molecule has 0 radical (unpaired) electrons. The summed E-state index contributed by atoms with van der Waals surface area (Å²) in [4.78, 5) is 24.9. The molecule has 0 bridgehead atoms. The Morgan fingerprint density at radius 1 is 0.967 bits per heavy atom. The van der Waals surface area contributed by atoms with Crippen LogP contribution in [0.2, 0.25) is 0 Å². The van der Waals surface area contributed by atoms with E-state index in [0.29, 0.717) is 22.7 Å². The standard InChI is InChI=1S/C24H17FN2O3/c1-16-22(23(28)27(26-16)20-5-3-2-4-6-20)15-17-7-13-21(14-8-17)30-24(29)18-9-11-19(25)12-10-18/h2-15H,1H3/b22-15+. The number of rotatable bonds is 4. The number of anilines is 1. The van der Waals surface area contributed by atoms with E-state index in [1.807, 2.05) is 30.3 Å². The fourth-order valence-electron chi connectivity index (χ4n) is 2.98. The molecular formula is C24H17FN2O3. The molecule has 1 heterocycles. The van der Waals surface area contributed by atoms with E-state index in [1.54, 1.807) is 37.3 Å². The average molecular weight is 400 g/mol. The maximum absolute atomic E-state index is 13.0. The number of benzene rings is 3. The highest BCUT2D eigenvalue weighted by Crippen LogP contribution is 2.25. The molecule has 0 fully saturated rings. The Hall–Kier alpha value is -4.06. The molecule has 1 aliphatic rings. The summed E-state index contributed by atoms with van der Waals surface area (Å²) in [5.74, 6) is -0.852.